The number of rotatable bonds is 9. The molecule has 6 nitrogen and oxygen atoms in total. The van der Waals surface area contributed by atoms with Gasteiger partial charge in [0.05, 0.1) is 30.8 Å². The molecule has 170 valence electrons. The Hall–Kier alpha value is -3.51. The van der Waals surface area contributed by atoms with E-state index in [1.807, 2.05) is 55.5 Å². The van der Waals surface area contributed by atoms with Gasteiger partial charge in [-0.2, -0.15) is 0 Å². The molecule has 0 saturated heterocycles. The maximum Gasteiger partial charge on any atom is 0.251 e. The highest BCUT2D eigenvalue weighted by molar-refractivity contribution is 6.30. The normalized spacial score (nSPS) is 11.8. The summed E-state index contributed by atoms with van der Waals surface area (Å²) in [4.78, 5) is 17.5. The first-order valence-electron chi connectivity index (χ1n) is 10.8. The fourth-order valence-corrected chi connectivity index (χ4v) is 3.87. The summed E-state index contributed by atoms with van der Waals surface area (Å²) in [5.41, 5.74) is 2.47. The number of ether oxygens (including phenoxy) is 2. The van der Waals surface area contributed by atoms with Crippen LogP contribution in [-0.2, 0) is 6.54 Å². The third-order valence-corrected chi connectivity index (χ3v) is 5.63. The van der Waals surface area contributed by atoms with Crippen LogP contribution in [0.2, 0.25) is 5.02 Å². The van der Waals surface area contributed by atoms with Crippen LogP contribution in [0.15, 0.2) is 72.8 Å². The molecule has 0 fully saturated rings. The van der Waals surface area contributed by atoms with E-state index >= 15 is 0 Å². The average Bonchev–Trinajstić information content (AvgIpc) is 3.21. The number of hydrogen-bond acceptors (Lipinski definition) is 4. The summed E-state index contributed by atoms with van der Waals surface area (Å²) >= 11 is 5.94. The smallest absolute Gasteiger partial charge is 0.251 e. The summed E-state index contributed by atoms with van der Waals surface area (Å²) < 4.78 is 13.4. The van der Waals surface area contributed by atoms with Gasteiger partial charge < -0.3 is 19.4 Å². The van der Waals surface area contributed by atoms with Crippen LogP contribution in [0.4, 0.5) is 0 Å². The van der Waals surface area contributed by atoms with E-state index in [4.69, 9.17) is 26.1 Å². The lowest BCUT2D eigenvalue weighted by molar-refractivity contribution is 0.0937. The van der Waals surface area contributed by atoms with Gasteiger partial charge >= 0.3 is 0 Å². The maximum atomic E-state index is 12.7. The van der Waals surface area contributed by atoms with E-state index in [1.54, 1.807) is 31.4 Å². The van der Waals surface area contributed by atoms with Gasteiger partial charge in [-0.05, 0) is 61.9 Å². The Bertz CT molecular complexity index is 1240. The number of imidazole rings is 1. The average molecular weight is 464 g/mol. The number of benzene rings is 3. The second-order valence-electron chi connectivity index (χ2n) is 7.67. The number of aromatic nitrogens is 2. The van der Waals surface area contributed by atoms with Crippen LogP contribution in [0.1, 0.15) is 35.6 Å². The maximum absolute atomic E-state index is 12.7. The molecule has 0 saturated carbocycles. The molecule has 1 aromatic heterocycles. The van der Waals surface area contributed by atoms with Crippen molar-refractivity contribution in [2.24, 2.45) is 0 Å². The summed E-state index contributed by atoms with van der Waals surface area (Å²) in [5.74, 6) is 2.07. The summed E-state index contributed by atoms with van der Waals surface area (Å²) in [7, 11) is 1.63. The zero-order valence-electron chi connectivity index (χ0n) is 18.6. The highest BCUT2D eigenvalue weighted by atomic mass is 35.5. The quantitative estimate of drug-likeness (QED) is 0.325. The zero-order valence-corrected chi connectivity index (χ0v) is 19.4. The molecule has 3 aromatic carbocycles. The molecule has 1 N–H and O–H groups in total. The van der Waals surface area contributed by atoms with Crippen LogP contribution in [0.25, 0.3) is 11.0 Å². The van der Waals surface area contributed by atoms with Gasteiger partial charge in [-0.3, -0.25) is 4.79 Å². The van der Waals surface area contributed by atoms with E-state index in [9.17, 15) is 4.79 Å². The SMILES string of the molecule is COc1ccccc1OCCCn1c(C(C)NC(=O)c2ccc(Cl)cc2)nc2ccccc21. The number of nitrogens with zero attached hydrogens (tertiary/aromatic N) is 2. The summed E-state index contributed by atoms with van der Waals surface area (Å²) in [6.07, 6.45) is 0.767. The van der Waals surface area contributed by atoms with Gasteiger partial charge in [0.25, 0.3) is 5.91 Å². The van der Waals surface area contributed by atoms with Crippen LogP contribution in [-0.4, -0.2) is 29.2 Å². The van der Waals surface area contributed by atoms with Crippen molar-refractivity contribution in [3.63, 3.8) is 0 Å². The van der Waals surface area contributed by atoms with Crippen LogP contribution in [0.5, 0.6) is 11.5 Å². The molecule has 1 unspecified atom stereocenters. The molecular formula is C26H26ClN3O3. The van der Waals surface area contributed by atoms with Crippen molar-refractivity contribution in [2.75, 3.05) is 13.7 Å². The Balaban J connectivity index is 1.48. The Morgan fingerprint density at radius 1 is 1.03 bits per heavy atom. The first kappa shape index (κ1) is 22.7. The van der Waals surface area contributed by atoms with Crippen molar-refractivity contribution in [1.82, 2.24) is 14.9 Å². The topological polar surface area (TPSA) is 65.4 Å². The Morgan fingerprint density at radius 2 is 1.73 bits per heavy atom. The number of para-hydroxylation sites is 4. The predicted octanol–water partition coefficient (Wildman–Crippen LogP) is 5.66. The van der Waals surface area contributed by atoms with Crippen molar-refractivity contribution in [3.05, 3.63) is 89.2 Å². The molecule has 1 heterocycles. The monoisotopic (exact) mass is 463 g/mol. The lowest BCUT2D eigenvalue weighted by Crippen LogP contribution is -2.28. The number of halogens is 1. The molecular weight excluding hydrogens is 438 g/mol. The van der Waals surface area contributed by atoms with Gasteiger partial charge in [0.2, 0.25) is 0 Å². The second-order valence-corrected chi connectivity index (χ2v) is 8.10. The molecule has 0 aliphatic rings. The molecule has 0 aliphatic heterocycles. The lowest BCUT2D eigenvalue weighted by Gasteiger charge is -2.17. The molecule has 0 bridgehead atoms. The third-order valence-electron chi connectivity index (χ3n) is 5.38. The number of methoxy groups -OCH3 is 1. The van der Waals surface area contributed by atoms with Crippen molar-refractivity contribution < 1.29 is 14.3 Å². The number of hydrogen-bond donors (Lipinski definition) is 1. The molecule has 0 spiro atoms. The van der Waals surface area contributed by atoms with E-state index in [0.717, 1.165) is 29.0 Å². The number of amides is 1. The van der Waals surface area contributed by atoms with Gasteiger partial charge in [0.1, 0.15) is 5.82 Å². The molecule has 0 aliphatic carbocycles. The van der Waals surface area contributed by atoms with Gasteiger partial charge in [-0.15, -0.1) is 0 Å². The molecule has 4 rings (SSSR count). The van der Waals surface area contributed by atoms with Gasteiger partial charge in [0.15, 0.2) is 11.5 Å². The minimum Gasteiger partial charge on any atom is -0.493 e. The van der Waals surface area contributed by atoms with E-state index in [2.05, 4.69) is 9.88 Å². The van der Waals surface area contributed by atoms with Gasteiger partial charge in [-0.25, -0.2) is 4.98 Å². The lowest BCUT2D eigenvalue weighted by atomic mass is 10.2. The summed E-state index contributed by atoms with van der Waals surface area (Å²) in [5, 5.41) is 3.65. The van der Waals surface area contributed by atoms with Crippen LogP contribution in [0.3, 0.4) is 0 Å². The molecule has 0 radical (unpaired) electrons. The fourth-order valence-electron chi connectivity index (χ4n) is 3.75. The summed E-state index contributed by atoms with van der Waals surface area (Å²) in [6, 6.07) is 22.1. The first-order valence-corrected chi connectivity index (χ1v) is 11.2. The number of aryl methyl sites for hydroxylation is 1. The van der Waals surface area contributed by atoms with Crippen molar-refractivity contribution >= 4 is 28.5 Å². The number of carbonyl (C=O) groups excluding carboxylic acids is 1. The minimum atomic E-state index is -0.282. The number of carbonyl (C=O) groups is 1. The van der Waals surface area contributed by atoms with E-state index < -0.39 is 0 Å². The van der Waals surface area contributed by atoms with Gasteiger partial charge in [0, 0.05) is 17.1 Å². The number of fused-ring (bicyclic) bond motifs is 1. The first-order chi connectivity index (χ1) is 16.1. The molecule has 4 aromatic rings. The molecule has 33 heavy (non-hydrogen) atoms. The van der Waals surface area contributed by atoms with Crippen LogP contribution >= 0.6 is 11.6 Å². The fraction of sp³-hybridized carbons (Fsp3) is 0.231. The standard InChI is InChI=1S/C26H26ClN3O3/c1-18(28-26(31)19-12-14-20(27)15-13-19)25-29-21-8-3-4-9-22(21)30(25)16-7-17-33-24-11-6-5-10-23(24)32-2/h3-6,8-15,18H,7,16-17H2,1-2H3,(H,28,31). The molecule has 1 atom stereocenters. The Kier molecular flexibility index (Phi) is 7.15. The van der Waals surface area contributed by atoms with Gasteiger partial charge in [-0.1, -0.05) is 35.9 Å². The minimum absolute atomic E-state index is 0.169. The zero-order chi connectivity index (χ0) is 23.2. The van der Waals surface area contributed by atoms with Crippen LogP contribution in [0, 0.1) is 0 Å². The van der Waals surface area contributed by atoms with Crippen molar-refractivity contribution in [1.29, 1.82) is 0 Å². The largest absolute Gasteiger partial charge is 0.493 e. The molecule has 7 heteroatoms. The predicted molar refractivity (Wildman–Crippen MR) is 130 cm³/mol. The second kappa shape index (κ2) is 10.4. The van der Waals surface area contributed by atoms with E-state index in [1.165, 1.54) is 0 Å². The Labute approximate surface area is 198 Å². The Morgan fingerprint density at radius 3 is 2.48 bits per heavy atom. The third kappa shape index (κ3) is 5.29. The van der Waals surface area contributed by atoms with Crippen molar-refractivity contribution in [3.8, 4) is 11.5 Å². The van der Waals surface area contributed by atoms with Crippen molar-refractivity contribution in [2.45, 2.75) is 25.9 Å². The van der Waals surface area contributed by atoms with E-state index in [-0.39, 0.29) is 11.9 Å². The molecule has 1 amide bonds. The van der Waals surface area contributed by atoms with Crippen LogP contribution < -0.4 is 14.8 Å². The summed E-state index contributed by atoms with van der Waals surface area (Å²) in [6.45, 7) is 3.17. The van der Waals surface area contributed by atoms with E-state index in [0.29, 0.717) is 29.5 Å². The number of nitrogens with one attached hydrogen (secondary N) is 1. The highest BCUT2D eigenvalue weighted by Gasteiger charge is 2.19. The highest BCUT2D eigenvalue weighted by Crippen LogP contribution is 2.26.